The lowest BCUT2D eigenvalue weighted by molar-refractivity contribution is -0.123. The SMILES string of the molecule is CC(C(=O)N1CCCc2ccccc21)N1CCC(C)(CN)C1.Cl. The summed E-state index contributed by atoms with van der Waals surface area (Å²) in [6.07, 6.45) is 3.21. The molecule has 0 saturated carbocycles. The first-order chi connectivity index (χ1) is 10.5. The van der Waals surface area contributed by atoms with Gasteiger partial charge in [-0.15, -0.1) is 12.4 Å². The van der Waals surface area contributed by atoms with Gasteiger partial charge in [-0.05, 0) is 56.3 Å². The highest BCUT2D eigenvalue weighted by atomic mass is 35.5. The number of carbonyl (C=O) groups is 1. The second-order valence-electron chi connectivity index (χ2n) is 7.13. The molecular formula is C18H28ClN3O. The van der Waals surface area contributed by atoms with Crippen molar-refractivity contribution in [2.75, 3.05) is 31.1 Å². The second kappa shape index (κ2) is 7.20. The van der Waals surface area contributed by atoms with Crippen LogP contribution in [0, 0.1) is 5.41 Å². The Labute approximate surface area is 145 Å². The van der Waals surface area contributed by atoms with E-state index in [1.807, 2.05) is 17.9 Å². The molecule has 128 valence electrons. The first kappa shape index (κ1) is 18.2. The Hall–Kier alpha value is -1.10. The first-order valence-electron chi connectivity index (χ1n) is 8.37. The number of carbonyl (C=O) groups excluding carboxylic acids is 1. The third-order valence-electron chi connectivity index (χ3n) is 5.36. The third kappa shape index (κ3) is 3.54. The summed E-state index contributed by atoms with van der Waals surface area (Å²) < 4.78 is 0. The van der Waals surface area contributed by atoms with Crippen molar-refractivity contribution in [2.24, 2.45) is 11.1 Å². The topological polar surface area (TPSA) is 49.6 Å². The van der Waals surface area contributed by atoms with Gasteiger partial charge in [-0.1, -0.05) is 25.1 Å². The highest BCUT2D eigenvalue weighted by Gasteiger charge is 2.38. The molecule has 2 aliphatic heterocycles. The van der Waals surface area contributed by atoms with Gasteiger partial charge in [-0.2, -0.15) is 0 Å². The van der Waals surface area contributed by atoms with E-state index in [1.165, 1.54) is 5.56 Å². The van der Waals surface area contributed by atoms with Gasteiger partial charge in [0.1, 0.15) is 0 Å². The Kier molecular flexibility index (Phi) is 5.71. The van der Waals surface area contributed by atoms with Crippen molar-refractivity contribution in [3.63, 3.8) is 0 Å². The molecule has 1 aromatic carbocycles. The fourth-order valence-electron chi connectivity index (χ4n) is 3.70. The Morgan fingerprint density at radius 1 is 1.35 bits per heavy atom. The summed E-state index contributed by atoms with van der Waals surface area (Å²) in [7, 11) is 0. The molecule has 0 radical (unpaired) electrons. The van der Waals surface area contributed by atoms with Gasteiger partial charge in [0, 0.05) is 18.8 Å². The maximum absolute atomic E-state index is 13.0. The first-order valence-corrected chi connectivity index (χ1v) is 8.37. The molecule has 2 atom stereocenters. The van der Waals surface area contributed by atoms with Crippen LogP contribution in [0.15, 0.2) is 24.3 Å². The summed E-state index contributed by atoms with van der Waals surface area (Å²) in [4.78, 5) is 17.3. The van der Waals surface area contributed by atoms with E-state index in [4.69, 9.17) is 5.73 Å². The van der Waals surface area contributed by atoms with Crippen LogP contribution >= 0.6 is 12.4 Å². The number of rotatable bonds is 3. The van der Waals surface area contributed by atoms with Crippen molar-refractivity contribution in [3.05, 3.63) is 29.8 Å². The minimum Gasteiger partial charge on any atom is -0.330 e. The number of hydrogen-bond acceptors (Lipinski definition) is 3. The van der Waals surface area contributed by atoms with Gasteiger partial charge in [-0.3, -0.25) is 9.69 Å². The maximum Gasteiger partial charge on any atom is 0.244 e. The van der Waals surface area contributed by atoms with Crippen LogP contribution in [-0.4, -0.2) is 43.0 Å². The summed E-state index contributed by atoms with van der Waals surface area (Å²) in [5.41, 5.74) is 8.45. The molecule has 4 nitrogen and oxygen atoms in total. The summed E-state index contributed by atoms with van der Waals surface area (Å²) in [5.74, 6) is 0.230. The molecule has 2 heterocycles. The number of likely N-dealkylation sites (tertiary alicyclic amines) is 1. The van der Waals surface area contributed by atoms with Crippen molar-refractivity contribution in [1.82, 2.24) is 4.90 Å². The molecule has 1 amide bonds. The Morgan fingerprint density at radius 2 is 2.09 bits per heavy atom. The van der Waals surface area contributed by atoms with Crippen molar-refractivity contribution >= 4 is 24.0 Å². The molecule has 1 saturated heterocycles. The van der Waals surface area contributed by atoms with Gasteiger partial charge in [0.2, 0.25) is 5.91 Å². The molecule has 0 aromatic heterocycles. The minimum atomic E-state index is -0.0699. The number of aryl methyl sites for hydroxylation is 1. The zero-order chi connectivity index (χ0) is 15.7. The van der Waals surface area contributed by atoms with E-state index < -0.39 is 0 Å². The highest BCUT2D eigenvalue weighted by molar-refractivity contribution is 5.98. The molecule has 1 aromatic rings. The lowest BCUT2D eigenvalue weighted by Gasteiger charge is -2.34. The fraction of sp³-hybridized carbons (Fsp3) is 0.611. The van der Waals surface area contributed by atoms with Gasteiger partial charge in [0.25, 0.3) is 0 Å². The Bertz CT molecular complexity index is 565. The number of benzene rings is 1. The molecule has 2 unspecified atom stereocenters. The summed E-state index contributed by atoms with van der Waals surface area (Å²) in [6.45, 7) is 7.68. The summed E-state index contributed by atoms with van der Waals surface area (Å²) in [6, 6.07) is 8.23. The van der Waals surface area contributed by atoms with Gasteiger partial charge < -0.3 is 10.6 Å². The Balaban J connectivity index is 0.00000192. The van der Waals surface area contributed by atoms with Crippen LogP contribution in [0.1, 0.15) is 32.3 Å². The number of nitrogens with two attached hydrogens (primary N) is 1. The number of anilines is 1. The van der Waals surface area contributed by atoms with Crippen molar-refractivity contribution in [1.29, 1.82) is 0 Å². The lowest BCUT2D eigenvalue weighted by Crippen LogP contribution is -2.48. The fourth-order valence-corrected chi connectivity index (χ4v) is 3.70. The number of nitrogens with zero attached hydrogens (tertiary/aromatic N) is 2. The van der Waals surface area contributed by atoms with E-state index in [2.05, 4.69) is 30.0 Å². The maximum atomic E-state index is 13.0. The normalized spacial score (nSPS) is 25.6. The number of para-hydroxylation sites is 1. The third-order valence-corrected chi connectivity index (χ3v) is 5.36. The quantitative estimate of drug-likeness (QED) is 0.921. The van der Waals surface area contributed by atoms with Gasteiger partial charge in [0.15, 0.2) is 0 Å². The van der Waals surface area contributed by atoms with Gasteiger partial charge in [0.05, 0.1) is 6.04 Å². The van der Waals surface area contributed by atoms with Crippen LogP contribution in [0.2, 0.25) is 0 Å². The van der Waals surface area contributed by atoms with E-state index in [1.54, 1.807) is 0 Å². The van der Waals surface area contributed by atoms with Crippen LogP contribution < -0.4 is 10.6 Å². The second-order valence-corrected chi connectivity index (χ2v) is 7.13. The lowest BCUT2D eigenvalue weighted by atomic mass is 9.90. The largest absolute Gasteiger partial charge is 0.330 e. The predicted octanol–water partition coefficient (Wildman–Crippen LogP) is 2.45. The number of hydrogen-bond donors (Lipinski definition) is 1. The molecule has 0 aliphatic carbocycles. The number of amides is 1. The molecule has 2 aliphatic rings. The molecule has 5 heteroatoms. The van der Waals surface area contributed by atoms with Crippen LogP contribution in [-0.2, 0) is 11.2 Å². The van der Waals surface area contributed by atoms with Crippen LogP contribution in [0.3, 0.4) is 0 Å². The monoisotopic (exact) mass is 337 g/mol. The van der Waals surface area contributed by atoms with Crippen LogP contribution in [0.25, 0.3) is 0 Å². The average molecular weight is 338 g/mol. The highest BCUT2D eigenvalue weighted by Crippen LogP contribution is 2.32. The summed E-state index contributed by atoms with van der Waals surface area (Å²) in [5, 5.41) is 0. The number of fused-ring (bicyclic) bond motifs is 1. The molecule has 1 fully saturated rings. The minimum absolute atomic E-state index is 0. The van der Waals surface area contributed by atoms with Crippen molar-refractivity contribution in [2.45, 2.75) is 39.2 Å². The van der Waals surface area contributed by atoms with E-state index in [9.17, 15) is 4.79 Å². The average Bonchev–Trinajstić information content (AvgIpc) is 2.96. The van der Waals surface area contributed by atoms with E-state index in [-0.39, 0.29) is 29.8 Å². The van der Waals surface area contributed by atoms with Crippen LogP contribution in [0.5, 0.6) is 0 Å². The zero-order valence-corrected chi connectivity index (χ0v) is 14.9. The zero-order valence-electron chi connectivity index (χ0n) is 14.1. The van der Waals surface area contributed by atoms with Gasteiger partial charge >= 0.3 is 0 Å². The smallest absolute Gasteiger partial charge is 0.244 e. The molecule has 23 heavy (non-hydrogen) atoms. The Morgan fingerprint density at radius 3 is 2.78 bits per heavy atom. The van der Waals surface area contributed by atoms with Crippen molar-refractivity contribution in [3.8, 4) is 0 Å². The number of halogens is 1. The molecule has 0 spiro atoms. The van der Waals surface area contributed by atoms with E-state index in [0.29, 0.717) is 6.54 Å². The van der Waals surface area contributed by atoms with E-state index in [0.717, 1.165) is 44.6 Å². The van der Waals surface area contributed by atoms with Gasteiger partial charge in [-0.25, -0.2) is 0 Å². The van der Waals surface area contributed by atoms with Crippen molar-refractivity contribution < 1.29 is 4.79 Å². The van der Waals surface area contributed by atoms with Crippen LogP contribution in [0.4, 0.5) is 5.69 Å². The molecule has 3 rings (SSSR count). The molecule has 0 bridgehead atoms. The van der Waals surface area contributed by atoms with E-state index >= 15 is 0 Å². The summed E-state index contributed by atoms with van der Waals surface area (Å²) >= 11 is 0. The standard InChI is InChI=1S/C18H27N3O.ClH/c1-14(20-11-9-18(2,12-19)13-20)17(22)21-10-5-7-15-6-3-4-8-16(15)21;/h3-4,6,8,14H,5,7,9-13,19H2,1-2H3;1H. The predicted molar refractivity (Wildman–Crippen MR) is 97.2 cm³/mol. The molecule has 2 N–H and O–H groups in total. The molecular weight excluding hydrogens is 310 g/mol.